The van der Waals surface area contributed by atoms with E-state index in [1.165, 1.54) is 5.57 Å². The Morgan fingerprint density at radius 1 is 1.11 bits per heavy atom. The van der Waals surface area contributed by atoms with E-state index in [4.69, 9.17) is 28.4 Å². The van der Waals surface area contributed by atoms with Gasteiger partial charge in [-0.2, -0.15) is 0 Å². The molecule has 0 unspecified atom stereocenters. The Morgan fingerprint density at radius 3 is 2.67 bits per heavy atom. The van der Waals surface area contributed by atoms with Crippen molar-refractivity contribution in [2.45, 2.75) is 153 Å². The molecule has 250 valence electrons. The molecule has 5 heterocycles. The van der Waals surface area contributed by atoms with Gasteiger partial charge in [-0.3, -0.25) is 9.59 Å². The summed E-state index contributed by atoms with van der Waals surface area (Å²) in [7, 11) is 0. The molecule has 5 aliphatic heterocycles. The predicted molar refractivity (Wildman–Crippen MR) is 166 cm³/mol. The molecule has 9 nitrogen and oxygen atoms in total. The Balaban J connectivity index is 1.36. The van der Waals surface area contributed by atoms with E-state index in [0.717, 1.165) is 25.7 Å². The van der Waals surface area contributed by atoms with Gasteiger partial charge in [-0.15, -0.1) is 0 Å². The summed E-state index contributed by atoms with van der Waals surface area (Å²) in [5.74, 6) is -2.12. The first-order valence-electron chi connectivity index (χ1n) is 17.2. The molecule has 1 N–H and O–H groups in total. The number of rotatable bonds is 4. The maximum Gasteiger partial charge on any atom is 0.316 e. The largest absolute Gasteiger partial charge is 0.462 e. The molecule has 0 aromatic rings. The lowest BCUT2D eigenvalue weighted by Gasteiger charge is -2.50. The van der Waals surface area contributed by atoms with Gasteiger partial charge in [-0.05, 0) is 63.4 Å². The van der Waals surface area contributed by atoms with Gasteiger partial charge in [0, 0.05) is 25.7 Å². The topological polar surface area (TPSA) is 113 Å². The highest BCUT2D eigenvalue weighted by molar-refractivity contribution is 5.78. The van der Waals surface area contributed by atoms with E-state index in [1.807, 2.05) is 19.9 Å². The van der Waals surface area contributed by atoms with Crippen LogP contribution < -0.4 is 0 Å². The summed E-state index contributed by atoms with van der Waals surface area (Å²) < 4.78 is 38.2. The second kappa shape index (κ2) is 12.5. The second-order valence-electron chi connectivity index (χ2n) is 14.6. The average Bonchev–Trinajstić information content (AvgIpc) is 3.63. The molecule has 9 heteroatoms. The van der Waals surface area contributed by atoms with Crippen molar-refractivity contribution in [3.05, 3.63) is 35.5 Å². The van der Waals surface area contributed by atoms with Crippen LogP contribution in [0.2, 0.25) is 0 Å². The molecule has 0 amide bonds. The van der Waals surface area contributed by atoms with Crippen LogP contribution in [-0.4, -0.2) is 77.3 Å². The van der Waals surface area contributed by atoms with Crippen LogP contribution in [0.4, 0.5) is 0 Å². The Kier molecular flexibility index (Phi) is 9.16. The highest BCUT2D eigenvalue weighted by atomic mass is 16.7. The van der Waals surface area contributed by atoms with Crippen molar-refractivity contribution >= 4 is 11.9 Å². The van der Waals surface area contributed by atoms with E-state index >= 15 is 0 Å². The molecule has 45 heavy (non-hydrogen) atoms. The van der Waals surface area contributed by atoms with Gasteiger partial charge in [0.25, 0.3) is 0 Å². The van der Waals surface area contributed by atoms with Crippen LogP contribution in [0.3, 0.4) is 0 Å². The summed E-state index contributed by atoms with van der Waals surface area (Å²) in [6, 6.07) is 0. The highest BCUT2D eigenvalue weighted by Gasteiger charge is 2.80. The van der Waals surface area contributed by atoms with E-state index in [1.54, 1.807) is 6.08 Å². The highest BCUT2D eigenvalue weighted by Crippen LogP contribution is 2.59. The molecule has 0 radical (unpaired) electrons. The molecule has 6 rings (SSSR count). The van der Waals surface area contributed by atoms with Crippen molar-refractivity contribution < 1.29 is 43.1 Å². The van der Waals surface area contributed by atoms with Crippen LogP contribution in [-0.2, 0) is 38.0 Å². The monoisotopic (exact) mass is 628 g/mol. The third-order valence-corrected chi connectivity index (χ3v) is 11.0. The summed E-state index contributed by atoms with van der Waals surface area (Å²) in [5, 5.41) is 12.7. The number of hydrogen-bond donors (Lipinski definition) is 1. The number of carbonyl (C=O) groups excluding carboxylic acids is 2. The van der Waals surface area contributed by atoms with Gasteiger partial charge in [0.15, 0.2) is 17.5 Å². The van der Waals surface area contributed by atoms with Gasteiger partial charge >= 0.3 is 11.9 Å². The van der Waals surface area contributed by atoms with Gasteiger partial charge in [-0.25, -0.2) is 0 Å². The lowest BCUT2D eigenvalue weighted by atomic mass is 9.67. The molecular weight excluding hydrogens is 576 g/mol. The number of epoxide rings is 1. The fourth-order valence-corrected chi connectivity index (χ4v) is 8.50. The molecule has 4 saturated heterocycles. The lowest BCUT2D eigenvalue weighted by Crippen LogP contribution is -2.64. The molecule has 6 aliphatic rings. The fraction of sp³-hybridized carbons (Fsp3) is 0.778. The molecule has 12 atom stereocenters. The minimum Gasteiger partial charge on any atom is -0.462 e. The molecule has 0 aromatic heterocycles. The number of hydrogen-bond acceptors (Lipinski definition) is 9. The number of ether oxygens (including phenoxy) is 6. The van der Waals surface area contributed by atoms with Crippen molar-refractivity contribution in [3.8, 4) is 0 Å². The number of allylic oxidation sites excluding steroid dienone is 2. The van der Waals surface area contributed by atoms with Crippen molar-refractivity contribution in [1.82, 2.24) is 0 Å². The molecule has 0 aromatic carbocycles. The number of fused-ring (bicyclic) bond motifs is 2. The van der Waals surface area contributed by atoms with Crippen molar-refractivity contribution in [1.29, 1.82) is 0 Å². The summed E-state index contributed by atoms with van der Waals surface area (Å²) in [5.41, 5.74) is -1.03. The molecule has 2 bridgehead atoms. The second-order valence-corrected chi connectivity index (χ2v) is 14.6. The Hall–Kier alpha value is -2.04. The van der Waals surface area contributed by atoms with E-state index in [9.17, 15) is 14.7 Å². The number of esters is 2. The molecule has 4 fully saturated rings. The standard InChI is InChI=1S/C36H52O9/c1-7-9-30(37)42-31-24(6)17-27-33(38)41-26-18-25(43-34(19-26)15-14-23(5)28(8-2)44-34)12-10-21(3)16-22(4)11-13-29-35(45-29)20-40-32(31)36(27,35)39/h10-11,13,17,22-23,25-29,31-32,39H,7-9,12,14-16,18-20H2,1-6H3/b13-11-,21-10-/t22-,23-,25+,26-,27-,28+,29-,31+,32+,34+,35+,36+/m0/s1. The van der Waals surface area contributed by atoms with Crippen LogP contribution in [0.1, 0.15) is 99.3 Å². The predicted octanol–water partition coefficient (Wildman–Crippen LogP) is 5.49. The molecule has 1 aliphatic carbocycles. The van der Waals surface area contributed by atoms with Crippen LogP contribution in [0, 0.1) is 17.8 Å². The minimum absolute atomic E-state index is 0.0776. The van der Waals surface area contributed by atoms with Crippen molar-refractivity contribution in [2.75, 3.05) is 6.61 Å². The van der Waals surface area contributed by atoms with Gasteiger partial charge in [0.05, 0.1) is 18.8 Å². The zero-order valence-corrected chi connectivity index (χ0v) is 27.8. The quantitative estimate of drug-likeness (QED) is 0.245. The van der Waals surface area contributed by atoms with Crippen LogP contribution >= 0.6 is 0 Å². The normalized spacial score (nSPS) is 48.2. The molecule has 0 saturated carbocycles. The van der Waals surface area contributed by atoms with Gasteiger partial charge in [0.2, 0.25) is 0 Å². The first-order chi connectivity index (χ1) is 21.4. The third-order valence-electron chi connectivity index (χ3n) is 11.0. The van der Waals surface area contributed by atoms with E-state index in [2.05, 4.69) is 39.8 Å². The minimum atomic E-state index is -1.79. The van der Waals surface area contributed by atoms with Crippen molar-refractivity contribution in [3.63, 3.8) is 0 Å². The van der Waals surface area contributed by atoms with Crippen molar-refractivity contribution in [2.24, 2.45) is 17.8 Å². The van der Waals surface area contributed by atoms with E-state index < -0.39 is 53.3 Å². The maximum atomic E-state index is 14.3. The fourth-order valence-electron chi connectivity index (χ4n) is 8.50. The summed E-state index contributed by atoms with van der Waals surface area (Å²) >= 11 is 0. The lowest BCUT2D eigenvalue weighted by molar-refractivity contribution is -0.335. The SMILES string of the molecule is CCCC(=O)O[C@@H]1C(C)=C[C@H]2C(=O)O[C@H]3C[C@@H](C/C=C(/C)C[C@@H](C)/C=C\[C@@H]4O[C@]45CO[C@H]1[C@]25O)O[C@@]1(CC[C@H](C)[C@@H](CC)O1)C3. The Labute approximate surface area is 267 Å². The zero-order chi connectivity index (χ0) is 32.1. The Bertz CT molecular complexity index is 1240. The molecular formula is C36H52O9. The van der Waals surface area contributed by atoms with Crippen LogP contribution in [0.5, 0.6) is 0 Å². The first kappa shape index (κ1) is 32.9. The number of aliphatic hydroxyl groups is 1. The maximum absolute atomic E-state index is 14.3. The van der Waals surface area contributed by atoms with Gasteiger partial charge in [-0.1, -0.05) is 57.6 Å². The summed E-state index contributed by atoms with van der Waals surface area (Å²) in [6.45, 7) is 12.5. The van der Waals surface area contributed by atoms with Gasteiger partial charge < -0.3 is 33.5 Å². The van der Waals surface area contributed by atoms with E-state index in [-0.39, 0.29) is 37.1 Å². The number of carbonyl (C=O) groups is 2. The average molecular weight is 629 g/mol. The van der Waals surface area contributed by atoms with Crippen LogP contribution in [0.25, 0.3) is 0 Å². The van der Waals surface area contributed by atoms with Crippen LogP contribution in [0.15, 0.2) is 35.5 Å². The summed E-state index contributed by atoms with van der Waals surface area (Å²) in [4.78, 5) is 26.9. The zero-order valence-electron chi connectivity index (χ0n) is 27.8. The van der Waals surface area contributed by atoms with E-state index in [0.29, 0.717) is 37.2 Å². The Morgan fingerprint density at radius 2 is 1.91 bits per heavy atom. The smallest absolute Gasteiger partial charge is 0.316 e. The first-order valence-corrected chi connectivity index (χ1v) is 17.2. The molecule has 2 spiro atoms. The summed E-state index contributed by atoms with van der Waals surface area (Å²) in [6.07, 6.45) is 11.3. The third kappa shape index (κ3) is 5.97. The van der Waals surface area contributed by atoms with Gasteiger partial charge in [0.1, 0.15) is 29.8 Å².